The molecule has 3 atom stereocenters. The number of hydrogen-bond acceptors (Lipinski definition) is 3. The molecule has 3 aromatic rings. The first kappa shape index (κ1) is 21.7. The van der Waals surface area contributed by atoms with Gasteiger partial charge in [-0.25, -0.2) is 4.98 Å². The minimum Gasteiger partial charge on any atom is -0.351 e. The monoisotopic (exact) mass is 444 g/mol. The summed E-state index contributed by atoms with van der Waals surface area (Å²) in [6.45, 7) is 5.00. The van der Waals surface area contributed by atoms with Crippen LogP contribution in [0, 0.1) is 5.92 Å². The van der Waals surface area contributed by atoms with Crippen LogP contribution >= 0.6 is 0 Å². The second kappa shape index (κ2) is 8.65. The van der Waals surface area contributed by atoms with Gasteiger partial charge in [-0.15, -0.1) is 0 Å². The minimum absolute atomic E-state index is 0.0638. The number of carbonyl (C=O) groups excluding carboxylic acids is 2. The van der Waals surface area contributed by atoms with Crippen LogP contribution in [0.4, 0.5) is 0 Å². The van der Waals surface area contributed by atoms with E-state index in [4.69, 9.17) is 0 Å². The van der Waals surface area contributed by atoms with Crippen molar-refractivity contribution in [2.75, 3.05) is 6.54 Å². The van der Waals surface area contributed by atoms with Crippen LogP contribution in [0.15, 0.2) is 54.6 Å². The van der Waals surface area contributed by atoms with E-state index in [1.165, 1.54) is 6.42 Å². The summed E-state index contributed by atoms with van der Waals surface area (Å²) in [5, 5.41) is 3.33. The molecule has 6 nitrogen and oxygen atoms in total. The van der Waals surface area contributed by atoms with Crippen molar-refractivity contribution < 1.29 is 9.59 Å². The summed E-state index contributed by atoms with van der Waals surface area (Å²) < 4.78 is 1.93. The van der Waals surface area contributed by atoms with Gasteiger partial charge in [0, 0.05) is 12.6 Å². The van der Waals surface area contributed by atoms with Gasteiger partial charge < -0.3 is 14.8 Å². The number of aromatic nitrogens is 2. The fourth-order valence-corrected chi connectivity index (χ4v) is 5.42. The zero-order valence-corrected chi connectivity index (χ0v) is 19.5. The molecular weight excluding hydrogens is 412 g/mol. The van der Waals surface area contributed by atoms with Crippen LogP contribution < -0.4 is 5.32 Å². The molecule has 0 spiro atoms. The number of hydrogen-bond donors (Lipinski definition) is 1. The Labute approximate surface area is 195 Å². The number of rotatable bonds is 5. The SMILES string of the molecule is CC1CCCCC1NC(=O)C1(C)Cn2c(nc3ccccc32)C(=O)N1CCc1ccccc1. The first-order valence-corrected chi connectivity index (χ1v) is 12.1. The molecule has 1 saturated carbocycles. The zero-order valence-electron chi connectivity index (χ0n) is 19.5. The number of carbonyl (C=O) groups is 2. The molecule has 0 bridgehead atoms. The molecule has 1 fully saturated rings. The lowest BCUT2D eigenvalue weighted by Crippen LogP contribution is -2.65. The standard InChI is InChI=1S/C27H32N4O2/c1-19-10-6-7-13-21(19)29-26(33)27(2)18-30-23-15-9-8-14-22(23)28-24(30)25(32)31(27)17-16-20-11-4-3-5-12-20/h3-5,8-9,11-12,14-15,19,21H,6-7,10,13,16-18H2,1-2H3,(H,29,33). The van der Waals surface area contributed by atoms with Gasteiger partial charge in [-0.3, -0.25) is 9.59 Å². The summed E-state index contributed by atoms with van der Waals surface area (Å²) >= 11 is 0. The van der Waals surface area contributed by atoms with E-state index in [1.54, 1.807) is 4.90 Å². The first-order chi connectivity index (χ1) is 16.0. The van der Waals surface area contributed by atoms with Crippen molar-refractivity contribution in [1.29, 1.82) is 0 Å². The fourth-order valence-electron chi connectivity index (χ4n) is 5.42. The third-order valence-electron chi connectivity index (χ3n) is 7.54. The van der Waals surface area contributed by atoms with Gasteiger partial charge in [0.15, 0.2) is 5.82 Å². The Balaban J connectivity index is 1.50. The van der Waals surface area contributed by atoms with Crippen molar-refractivity contribution >= 4 is 22.8 Å². The van der Waals surface area contributed by atoms with E-state index in [0.717, 1.165) is 35.9 Å². The Kier molecular flexibility index (Phi) is 5.69. The molecule has 0 saturated heterocycles. The van der Waals surface area contributed by atoms with Crippen LogP contribution in [0.3, 0.4) is 0 Å². The van der Waals surface area contributed by atoms with Gasteiger partial charge >= 0.3 is 0 Å². The number of imidazole rings is 1. The topological polar surface area (TPSA) is 67.2 Å². The number of benzene rings is 2. The van der Waals surface area contributed by atoms with Crippen LogP contribution in [0.5, 0.6) is 0 Å². The van der Waals surface area contributed by atoms with E-state index >= 15 is 0 Å². The average Bonchev–Trinajstić information content (AvgIpc) is 3.19. The number of fused-ring (bicyclic) bond motifs is 3. The van der Waals surface area contributed by atoms with Gasteiger partial charge in [0.05, 0.1) is 17.6 Å². The smallest absolute Gasteiger partial charge is 0.290 e. The highest BCUT2D eigenvalue weighted by atomic mass is 16.2. The molecule has 0 radical (unpaired) electrons. The molecule has 3 unspecified atom stereocenters. The average molecular weight is 445 g/mol. The molecule has 1 N–H and O–H groups in total. The molecule has 2 aromatic carbocycles. The highest BCUT2D eigenvalue weighted by Gasteiger charge is 2.48. The van der Waals surface area contributed by atoms with Gasteiger partial charge in [0.2, 0.25) is 5.91 Å². The molecule has 6 heteroatoms. The van der Waals surface area contributed by atoms with Gasteiger partial charge in [-0.2, -0.15) is 0 Å². The summed E-state index contributed by atoms with van der Waals surface area (Å²) in [7, 11) is 0. The summed E-state index contributed by atoms with van der Waals surface area (Å²) in [6, 6.07) is 18.0. The molecular formula is C27H32N4O2. The Morgan fingerprint density at radius 2 is 1.82 bits per heavy atom. The summed E-state index contributed by atoms with van der Waals surface area (Å²) in [5.41, 5.74) is 1.84. The van der Waals surface area contributed by atoms with E-state index in [0.29, 0.717) is 31.3 Å². The predicted octanol–water partition coefficient (Wildman–Crippen LogP) is 4.19. The van der Waals surface area contributed by atoms with E-state index < -0.39 is 5.54 Å². The van der Waals surface area contributed by atoms with Crippen molar-refractivity contribution in [3.8, 4) is 0 Å². The van der Waals surface area contributed by atoms with Crippen LogP contribution in [0.25, 0.3) is 11.0 Å². The molecule has 2 aliphatic rings. The van der Waals surface area contributed by atoms with E-state index in [-0.39, 0.29) is 17.9 Å². The summed E-state index contributed by atoms with van der Waals surface area (Å²) in [4.78, 5) is 34.0. The molecule has 1 aromatic heterocycles. The number of nitrogens with one attached hydrogen (secondary N) is 1. The fraction of sp³-hybridized carbons (Fsp3) is 0.444. The van der Waals surface area contributed by atoms with Crippen molar-refractivity contribution in [1.82, 2.24) is 19.8 Å². The largest absolute Gasteiger partial charge is 0.351 e. The van der Waals surface area contributed by atoms with Crippen molar-refractivity contribution in [2.45, 2.75) is 64.1 Å². The summed E-state index contributed by atoms with van der Waals surface area (Å²) in [5.74, 6) is 0.627. The second-order valence-corrected chi connectivity index (χ2v) is 9.82. The van der Waals surface area contributed by atoms with E-state index in [9.17, 15) is 9.59 Å². The predicted molar refractivity (Wildman–Crippen MR) is 129 cm³/mol. The van der Waals surface area contributed by atoms with E-state index in [2.05, 4.69) is 29.4 Å². The maximum atomic E-state index is 13.8. The first-order valence-electron chi connectivity index (χ1n) is 12.1. The molecule has 2 amide bonds. The number of para-hydroxylation sites is 2. The van der Waals surface area contributed by atoms with Crippen LogP contribution in [0.1, 0.15) is 55.7 Å². The van der Waals surface area contributed by atoms with Crippen molar-refractivity contribution in [2.24, 2.45) is 5.92 Å². The van der Waals surface area contributed by atoms with Crippen molar-refractivity contribution in [3.05, 3.63) is 66.0 Å². The molecule has 5 rings (SSSR count). The third-order valence-corrected chi connectivity index (χ3v) is 7.54. The minimum atomic E-state index is -0.987. The van der Waals surface area contributed by atoms with Gasteiger partial charge in [-0.05, 0) is 49.8 Å². The Morgan fingerprint density at radius 1 is 1.09 bits per heavy atom. The van der Waals surface area contributed by atoms with Crippen LogP contribution in [-0.2, 0) is 17.8 Å². The van der Waals surface area contributed by atoms with E-state index in [1.807, 2.05) is 54.0 Å². The highest BCUT2D eigenvalue weighted by molar-refractivity contribution is 6.01. The molecule has 1 aliphatic heterocycles. The Morgan fingerprint density at radius 3 is 2.61 bits per heavy atom. The lowest BCUT2D eigenvalue weighted by Gasteiger charge is -2.44. The number of nitrogens with zero attached hydrogens (tertiary/aromatic N) is 3. The van der Waals surface area contributed by atoms with Gasteiger partial charge in [-0.1, -0.05) is 62.2 Å². The Hall–Kier alpha value is -3.15. The normalized spacial score (nSPS) is 25.2. The molecule has 33 heavy (non-hydrogen) atoms. The quantitative estimate of drug-likeness (QED) is 0.642. The lowest BCUT2D eigenvalue weighted by molar-refractivity contribution is -0.134. The maximum absolute atomic E-state index is 13.8. The zero-order chi connectivity index (χ0) is 23.0. The molecule has 2 heterocycles. The number of amides is 2. The Bertz CT molecular complexity index is 1170. The van der Waals surface area contributed by atoms with Crippen LogP contribution in [-0.4, -0.2) is 44.4 Å². The third kappa shape index (κ3) is 3.92. The van der Waals surface area contributed by atoms with Gasteiger partial charge in [0.1, 0.15) is 5.54 Å². The van der Waals surface area contributed by atoms with Crippen LogP contribution in [0.2, 0.25) is 0 Å². The van der Waals surface area contributed by atoms with Gasteiger partial charge in [0.25, 0.3) is 5.91 Å². The second-order valence-electron chi connectivity index (χ2n) is 9.82. The highest BCUT2D eigenvalue weighted by Crippen LogP contribution is 2.32. The molecule has 172 valence electrons. The maximum Gasteiger partial charge on any atom is 0.290 e. The molecule has 1 aliphatic carbocycles. The lowest BCUT2D eigenvalue weighted by atomic mass is 9.85. The van der Waals surface area contributed by atoms with Crippen molar-refractivity contribution in [3.63, 3.8) is 0 Å². The summed E-state index contributed by atoms with van der Waals surface area (Å²) in [6.07, 6.45) is 5.18.